The summed E-state index contributed by atoms with van der Waals surface area (Å²) in [4.78, 5) is -0.412. The second-order valence-corrected chi connectivity index (χ2v) is 5.62. The Kier molecular flexibility index (Phi) is 3.32. The molecule has 0 bridgehead atoms. The average Bonchev–Trinajstić information content (AvgIpc) is 2.37. The van der Waals surface area contributed by atoms with E-state index in [1.165, 1.54) is 12.1 Å². The molecule has 0 aromatic heterocycles. The first kappa shape index (κ1) is 12.9. The van der Waals surface area contributed by atoms with Gasteiger partial charge in [0.1, 0.15) is 0 Å². The first-order valence-electron chi connectivity index (χ1n) is 5.12. The van der Waals surface area contributed by atoms with Crippen LogP contribution in [0.4, 0.5) is 8.78 Å². The molecule has 0 spiro atoms. The number of alkyl halides is 2. The molecule has 96 valence electrons. The highest BCUT2D eigenvalue weighted by Crippen LogP contribution is 2.29. The van der Waals surface area contributed by atoms with Gasteiger partial charge in [-0.25, -0.2) is 8.42 Å². The summed E-state index contributed by atoms with van der Waals surface area (Å²) in [6.07, 6.45) is 0. The van der Waals surface area contributed by atoms with Crippen molar-refractivity contribution in [3.05, 3.63) is 42.0 Å². The third-order valence-corrected chi connectivity index (χ3v) is 4.12. The molecule has 0 saturated heterocycles. The van der Waals surface area contributed by atoms with Crippen molar-refractivity contribution in [1.29, 1.82) is 0 Å². The molecule has 0 heterocycles. The van der Waals surface area contributed by atoms with Crippen LogP contribution in [0, 0.1) is 0 Å². The highest BCUT2D eigenvalue weighted by molar-refractivity contribution is 7.92. The van der Waals surface area contributed by atoms with E-state index >= 15 is 0 Å². The summed E-state index contributed by atoms with van der Waals surface area (Å²) >= 11 is 0. The van der Waals surface area contributed by atoms with Crippen LogP contribution in [0.3, 0.4) is 0 Å². The lowest BCUT2D eigenvalue weighted by Gasteiger charge is -2.10. The lowest BCUT2D eigenvalue weighted by atomic mass is 10.1. The van der Waals surface area contributed by atoms with E-state index in [2.05, 4.69) is 0 Å². The fourth-order valence-corrected chi connectivity index (χ4v) is 2.75. The van der Waals surface area contributed by atoms with Crippen molar-refractivity contribution in [3.63, 3.8) is 0 Å². The molecule has 2 aromatic rings. The lowest BCUT2D eigenvalue weighted by molar-refractivity contribution is 0.235. The molecule has 0 atom stereocenters. The predicted octanol–water partition coefficient (Wildman–Crippen LogP) is 2.33. The van der Waals surface area contributed by atoms with Gasteiger partial charge in [-0.3, -0.25) is 0 Å². The largest absolute Gasteiger partial charge is 0.392 e. The Balaban J connectivity index is 2.83. The predicted molar refractivity (Wildman–Crippen MR) is 63.1 cm³/mol. The van der Waals surface area contributed by atoms with Crippen molar-refractivity contribution in [2.75, 3.05) is 0 Å². The number of aliphatic hydroxyl groups is 1. The number of benzene rings is 2. The Morgan fingerprint density at radius 3 is 2.22 bits per heavy atom. The Hall–Kier alpha value is -1.53. The van der Waals surface area contributed by atoms with Gasteiger partial charge in [0.05, 0.1) is 11.5 Å². The van der Waals surface area contributed by atoms with Crippen LogP contribution in [0.15, 0.2) is 41.3 Å². The van der Waals surface area contributed by atoms with Gasteiger partial charge >= 0.3 is 5.76 Å². The third kappa shape index (κ3) is 1.97. The fraction of sp³-hybridized carbons (Fsp3) is 0.167. The van der Waals surface area contributed by atoms with Crippen LogP contribution in [0.2, 0.25) is 0 Å². The highest BCUT2D eigenvalue weighted by atomic mass is 32.2. The molecule has 0 aliphatic heterocycles. The van der Waals surface area contributed by atoms with E-state index in [0.717, 1.165) is 6.07 Å². The molecule has 0 radical (unpaired) electrons. The van der Waals surface area contributed by atoms with Gasteiger partial charge in [-0.2, -0.15) is 8.78 Å². The smallest absolute Gasteiger partial charge is 0.341 e. The maximum Gasteiger partial charge on any atom is 0.341 e. The van der Waals surface area contributed by atoms with Crippen LogP contribution < -0.4 is 0 Å². The minimum absolute atomic E-state index is 0.198. The zero-order valence-electron chi connectivity index (χ0n) is 9.18. The molecule has 0 unspecified atom stereocenters. The number of hydrogen-bond donors (Lipinski definition) is 1. The molecule has 0 amide bonds. The van der Waals surface area contributed by atoms with Crippen LogP contribution in [0.25, 0.3) is 10.8 Å². The molecule has 0 aliphatic carbocycles. The first-order valence-corrected chi connectivity index (χ1v) is 6.66. The summed E-state index contributed by atoms with van der Waals surface area (Å²) in [6.45, 7) is -0.282. The van der Waals surface area contributed by atoms with Gasteiger partial charge in [-0.05, 0) is 17.0 Å². The van der Waals surface area contributed by atoms with Crippen molar-refractivity contribution in [2.45, 2.75) is 17.3 Å². The van der Waals surface area contributed by atoms with Gasteiger partial charge in [-0.15, -0.1) is 0 Å². The molecule has 6 heteroatoms. The van der Waals surface area contributed by atoms with E-state index in [1.807, 2.05) is 0 Å². The number of sulfone groups is 1. The van der Waals surface area contributed by atoms with Crippen LogP contribution in [0.5, 0.6) is 0 Å². The fourth-order valence-electron chi connectivity index (χ4n) is 1.82. The SMILES string of the molecule is O=S(=O)(c1ccc(CO)c2ccccc12)C(F)F. The van der Waals surface area contributed by atoms with Crippen molar-refractivity contribution in [2.24, 2.45) is 0 Å². The van der Waals surface area contributed by atoms with E-state index < -0.39 is 20.5 Å². The molecule has 0 fully saturated rings. The summed E-state index contributed by atoms with van der Waals surface area (Å²) in [5, 5.41) is 9.80. The van der Waals surface area contributed by atoms with Gasteiger partial charge in [-0.1, -0.05) is 30.3 Å². The van der Waals surface area contributed by atoms with E-state index in [-0.39, 0.29) is 12.0 Å². The van der Waals surface area contributed by atoms with E-state index in [0.29, 0.717) is 10.9 Å². The number of aliphatic hydroxyl groups excluding tert-OH is 1. The Labute approximate surface area is 103 Å². The van der Waals surface area contributed by atoms with Crippen molar-refractivity contribution in [3.8, 4) is 0 Å². The number of rotatable bonds is 3. The first-order chi connectivity index (χ1) is 8.48. The standard InChI is InChI=1S/C12H10F2O3S/c13-12(14)18(16,17)11-6-5-8(7-15)9-3-1-2-4-10(9)11/h1-6,12,15H,7H2. The molecule has 2 aromatic carbocycles. The van der Waals surface area contributed by atoms with E-state index in [4.69, 9.17) is 5.11 Å². The minimum Gasteiger partial charge on any atom is -0.392 e. The Bertz CT molecular complexity index is 681. The monoisotopic (exact) mass is 272 g/mol. The average molecular weight is 272 g/mol. The molecule has 0 saturated carbocycles. The minimum atomic E-state index is -4.64. The third-order valence-electron chi connectivity index (χ3n) is 2.69. The molecule has 0 aliphatic rings. The molecule has 18 heavy (non-hydrogen) atoms. The van der Waals surface area contributed by atoms with Crippen molar-refractivity contribution < 1.29 is 22.3 Å². The lowest BCUT2D eigenvalue weighted by Crippen LogP contribution is -2.12. The molecule has 3 nitrogen and oxygen atoms in total. The second-order valence-electron chi connectivity index (χ2n) is 3.73. The topological polar surface area (TPSA) is 54.4 Å². The molecular weight excluding hydrogens is 262 g/mol. The van der Waals surface area contributed by atoms with E-state index in [1.54, 1.807) is 18.2 Å². The van der Waals surface area contributed by atoms with Gasteiger partial charge < -0.3 is 5.11 Å². The zero-order valence-corrected chi connectivity index (χ0v) is 9.99. The number of hydrogen-bond acceptors (Lipinski definition) is 3. The van der Waals surface area contributed by atoms with Gasteiger partial charge in [0.2, 0.25) is 9.84 Å². The summed E-state index contributed by atoms with van der Waals surface area (Å²) < 4.78 is 48.2. The van der Waals surface area contributed by atoms with Crippen molar-refractivity contribution >= 4 is 20.6 Å². The van der Waals surface area contributed by atoms with Crippen LogP contribution in [0.1, 0.15) is 5.56 Å². The maximum atomic E-state index is 12.6. The Morgan fingerprint density at radius 1 is 1.06 bits per heavy atom. The summed E-state index contributed by atoms with van der Waals surface area (Å²) in [6, 6.07) is 8.70. The zero-order chi connectivity index (χ0) is 13.3. The quantitative estimate of drug-likeness (QED) is 0.933. The summed E-state index contributed by atoms with van der Waals surface area (Å²) in [5.74, 6) is -3.46. The highest BCUT2D eigenvalue weighted by Gasteiger charge is 2.28. The van der Waals surface area contributed by atoms with Gasteiger partial charge in [0.15, 0.2) is 0 Å². The van der Waals surface area contributed by atoms with Gasteiger partial charge in [0, 0.05) is 5.39 Å². The number of halogens is 2. The Morgan fingerprint density at radius 2 is 1.67 bits per heavy atom. The molecular formula is C12H10F2O3S. The maximum absolute atomic E-state index is 12.6. The summed E-state index contributed by atoms with van der Waals surface area (Å²) in [5.41, 5.74) is 0.499. The van der Waals surface area contributed by atoms with E-state index in [9.17, 15) is 17.2 Å². The van der Waals surface area contributed by atoms with Crippen LogP contribution in [-0.4, -0.2) is 19.3 Å². The normalized spacial score (nSPS) is 12.2. The number of fused-ring (bicyclic) bond motifs is 1. The van der Waals surface area contributed by atoms with Crippen LogP contribution in [-0.2, 0) is 16.4 Å². The van der Waals surface area contributed by atoms with Crippen molar-refractivity contribution in [1.82, 2.24) is 0 Å². The van der Waals surface area contributed by atoms with Gasteiger partial charge in [0.25, 0.3) is 0 Å². The van der Waals surface area contributed by atoms with Crippen LogP contribution >= 0.6 is 0 Å². The second kappa shape index (κ2) is 4.62. The molecule has 1 N–H and O–H groups in total. The molecule has 2 rings (SSSR count). The summed E-state index contributed by atoms with van der Waals surface area (Å²) in [7, 11) is -4.64.